The predicted octanol–water partition coefficient (Wildman–Crippen LogP) is 10.0. The maximum absolute atomic E-state index is 6.42. The van der Waals surface area contributed by atoms with E-state index >= 15 is 0 Å². The van der Waals surface area contributed by atoms with Crippen molar-refractivity contribution < 1.29 is 0 Å². The van der Waals surface area contributed by atoms with E-state index in [1.54, 1.807) is 0 Å². The highest BCUT2D eigenvalue weighted by Crippen LogP contribution is 2.65. The topological polar surface area (TPSA) is 26.0 Å². The summed E-state index contributed by atoms with van der Waals surface area (Å²) in [4.78, 5) is 0. The molecule has 0 saturated heterocycles. The van der Waals surface area contributed by atoms with E-state index in [0.717, 1.165) is 41.4 Å². The summed E-state index contributed by atoms with van der Waals surface area (Å²) in [6.07, 6.45) is 22.2. The molecule has 0 aromatic carbocycles. The van der Waals surface area contributed by atoms with Crippen molar-refractivity contribution in [2.45, 2.75) is 145 Å². The summed E-state index contributed by atoms with van der Waals surface area (Å²) in [6.45, 7) is 20.8. The molecule has 3 saturated carbocycles. The lowest BCUT2D eigenvalue weighted by Gasteiger charge is -2.58. The lowest BCUT2D eigenvalue weighted by molar-refractivity contribution is -0.0622. The molecular weight excluding hydrogens is 410 g/mol. The molecule has 0 spiro atoms. The van der Waals surface area contributed by atoms with E-state index in [2.05, 4.69) is 46.8 Å². The van der Waals surface area contributed by atoms with Crippen LogP contribution in [0.1, 0.15) is 139 Å². The zero-order valence-electron chi connectivity index (χ0n) is 24.8. The van der Waals surface area contributed by atoms with Gasteiger partial charge in [-0.2, -0.15) is 0 Å². The van der Waals surface area contributed by atoms with Crippen LogP contribution in [0, 0.1) is 52.3 Å². The summed E-state index contributed by atoms with van der Waals surface area (Å²) in [6, 6.07) is 0.463. The smallest absolute Gasteiger partial charge is 0.00418 e. The van der Waals surface area contributed by atoms with Crippen LogP contribution in [0.25, 0.3) is 0 Å². The lowest BCUT2D eigenvalue weighted by atomic mass is 9.47. The zero-order chi connectivity index (χ0) is 25.5. The van der Waals surface area contributed by atoms with E-state index < -0.39 is 0 Å². The number of hydrogen-bond acceptors (Lipinski definition) is 1. The van der Waals surface area contributed by atoms with Gasteiger partial charge in [0.05, 0.1) is 0 Å². The van der Waals surface area contributed by atoms with Crippen LogP contribution in [0.15, 0.2) is 12.2 Å². The van der Waals surface area contributed by atoms with Crippen LogP contribution in [0.3, 0.4) is 0 Å². The van der Waals surface area contributed by atoms with Crippen LogP contribution in [0.5, 0.6) is 0 Å². The molecule has 0 amide bonds. The Kier molecular flexibility index (Phi) is 11.7. The SMILES string of the molecule is CC.CC.CC(C)CCCC(C)C1CCC2C3CCC4CC(N)CCC4(C)C3C=CCCC12C. The van der Waals surface area contributed by atoms with Gasteiger partial charge in [0.1, 0.15) is 0 Å². The van der Waals surface area contributed by atoms with Gasteiger partial charge in [0.25, 0.3) is 0 Å². The molecule has 4 aliphatic carbocycles. The van der Waals surface area contributed by atoms with Gasteiger partial charge in [-0.15, -0.1) is 0 Å². The van der Waals surface area contributed by atoms with Gasteiger partial charge < -0.3 is 5.73 Å². The molecule has 9 atom stereocenters. The van der Waals surface area contributed by atoms with Crippen molar-refractivity contribution in [3.05, 3.63) is 12.2 Å². The molecule has 200 valence electrons. The number of hydrogen-bond donors (Lipinski definition) is 1. The summed E-state index contributed by atoms with van der Waals surface area (Å²) in [5, 5.41) is 0. The van der Waals surface area contributed by atoms with Crippen LogP contribution < -0.4 is 5.73 Å². The Morgan fingerprint density at radius 3 is 2.24 bits per heavy atom. The van der Waals surface area contributed by atoms with Crippen LogP contribution in [0.4, 0.5) is 0 Å². The van der Waals surface area contributed by atoms with Gasteiger partial charge in [-0.1, -0.05) is 93.7 Å². The predicted molar refractivity (Wildman–Crippen MR) is 153 cm³/mol. The van der Waals surface area contributed by atoms with Crippen molar-refractivity contribution in [2.75, 3.05) is 0 Å². The Balaban J connectivity index is 0.000000970. The van der Waals surface area contributed by atoms with Crippen molar-refractivity contribution in [1.82, 2.24) is 0 Å². The third kappa shape index (κ3) is 6.15. The Morgan fingerprint density at radius 2 is 1.56 bits per heavy atom. The molecule has 1 nitrogen and oxygen atoms in total. The Bertz CT molecular complexity index is 608. The first-order valence-electron chi connectivity index (χ1n) is 15.7. The Labute approximate surface area is 215 Å². The quantitative estimate of drug-likeness (QED) is 0.395. The molecule has 2 N–H and O–H groups in total. The summed E-state index contributed by atoms with van der Waals surface area (Å²) in [5.41, 5.74) is 7.50. The fraction of sp³-hybridized carbons (Fsp3) is 0.939. The molecule has 0 aliphatic heterocycles. The van der Waals surface area contributed by atoms with Gasteiger partial charge in [0.15, 0.2) is 0 Å². The monoisotopic (exact) mass is 473 g/mol. The summed E-state index contributed by atoms with van der Waals surface area (Å²) >= 11 is 0. The molecule has 0 heterocycles. The largest absolute Gasteiger partial charge is 0.328 e. The van der Waals surface area contributed by atoms with Gasteiger partial charge in [0, 0.05) is 6.04 Å². The van der Waals surface area contributed by atoms with E-state index in [1.165, 1.54) is 77.0 Å². The fourth-order valence-corrected chi connectivity index (χ4v) is 9.20. The highest BCUT2D eigenvalue weighted by molar-refractivity contribution is 5.13. The minimum Gasteiger partial charge on any atom is -0.328 e. The van der Waals surface area contributed by atoms with E-state index in [9.17, 15) is 0 Å². The molecule has 0 aromatic heterocycles. The number of allylic oxidation sites excluding steroid dienone is 2. The lowest BCUT2D eigenvalue weighted by Crippen LogP contribution is -2.52. The van der Waals surface area contributed by atoms with Gasteiger partial charge in [-0.05, 0) is 110 Å². The molecule has 4 aliphatic rings. The van der Waals surface area contributed by atoms with E-state index in [-0.39, 0.29) is 0 Å². The molecule has 4 rings (SSSR count). The van der Waals surface area contributed by atoms with Crippen molar-refractivity contribution in [3.8, 4) is 0 Å². The van der Waals surface area contributed by atoms with Crippen LogP contribution in [-0.4, -0.2) is 6.04 Å². The van der Waals surface area contributed by atoms with Crippen LogP contribution >= 0.6 is 0 Å². The van der Waals surface area contributed by atoms with Gasteiger partial charge in [-0.3, -0.25) is 0 Å². The molecule has 1 heteroatoms. The maximum atomic E-state index is 6.42. The molecule has 9 unspecified atom stereocenters. The molecular formula is C33H63N. The molecule has 0 bridgehead atoms. The van der Waals surface area contributed by atoms with Gasteiger partial charge in [-0.25, -0.2) is 0 Å². The highest BCUT2D eigenvalue weighted by atomic mass is 14.7. The van der Waals surface area contributed by atoms with Crippen molar-refractivity contribution in [3.63, 3.8) is 0 Å². The second-order valence-corrected chi connectivity index (χ2v) is 13.1. The summed E-state index contributed by atoms with van der Waals surface area (Å²) in [7, 11) is 0. The maximum Gasteiger partial charge on any atom is 0.00418 e. The minimum atomic E-state index is 0.463. The first kappa shape index (κ1) is 29.9. The highest BCUT2D eigenvalue weighted by Gasteiger charge is 2.57. The number of fused-ring (bicyclic) bond motifs is 5. The Morgan fingerprint density at radius 1 is 0.853 bits per heavy atom. The third-order valence-electron chi connectivity index (χ3n) is 11.0. The normalized spacial score (nSPS) is 42.0. The van der Waals surface area contributed by atoms with E-state index in [0.29, 0.717) is 16.9 Å². The average Bonchev–Trinajstić information content (AvgIpc) is 3.14. The fourth-order valence-electron chi connectivity index (χ4n) is 9.20. The second-order valence-electron chi connectivity index (χ2n) is 13.1. The molecule has 0 radical (unpaired) electrons. The van der Waals surface area contributed by atoms with Crippen LogP contribution in [-0.2, 0) is 0 Å². The first-order chi connectivity index (χ1) is 16.3. The molecule has 3 fully saturated rings. The third-order valence-corrected chi connectivity index (χ3v) is 11.0. The molecule has 0 aromatic rings. The van der Waals surface area contributed by atoms with Crippen molar-refractivity contribution >= 4 is 0 Å². The van der Waals surface area contributed by atoms with Crippen molar-refractivity contribution in [1.29, 1.82) is 0 Å². The first-order valence-corrected chi connectivity index (χ1v) is 15.7. The second kappa shape index (κ2) is 13.3. The standard InChI is InChI=1S/C29H51N.2C2H6/c1-20(2)9-8-10-21(3)25-14-15-27-24-13-12-22-19-23(30)16-18-28(22,4)26(24)11-6-7-17-29(25,27)5;2*1-2/h6,11,20-27H,7-10,12-19,30H2,1-5H3;2*1-2H3. The minimum absolute atomic E-state index is 0.463. The van der Waals surface area contributed by atoms with E-state index in [1.807, 2.05) is 27.7 Å². The average molecular weight is 474 g/mol. The van der Waals surface area contributed by atoms with Crippen LogP contribution in [0.2, 0.25) is 0 Å². The van der Waals surface area contributed by atoms with Crippen molar-refractivity contribution in [2.24, 2.45) is 58.0 Å². The number of rotatable bonds is 5. The summed E-state index contributed by atoms with van der Waals surface area (Å²) in [5.74, 6) is 6.27. The number of nitrogens with two attached hydrogens (primary N) is 1. The van der Waals surface area contributed by atoms with Gasteiger partial charge >= 0.3 is 0 Å². The Hall–Kier alpha value is -0.300. The summed E-state index contributed by atoms with van der Waals surface area (Å²) < 4.78 is 0. The zero-order valence-corrected chi connectivity index (χ0v) is 24.8. The molecule has 34 heavy (non-hydrogen) atoms. The van der Waals surface area contributed by atoms with Gasteiger partial charge in [0.2, 0.25) is 0 Å². The van der Waals surface area contributed by atoms with E-state index in [4.69, 9.17) is 5.73 Å².